The van der Waals surface area contributed by atoms with E-state index in [0.717, 1.165) is 44.3 Å². The Labute approximate surface area is 200 Å². The van der Waals surface area contributed by atoms with Crippen molar-refractivity contribution in [1.82, 2.24) is 9.21 Å². The molecule has 2 aromatic rings. The average Bonchev–Trinajstić information content (AvgIpc) is 3.15. The molecule has 0 bridgehead atoms. The van der Waals surface area contributed by atoms with Crippen LogP contribution in [0.2, 0.25) is 0 Å². The lowest BCUT2D eigenvalue weighted by Crippen LogP contribution is -2.40. The standard InChI is InChI=1S/C24H32N4O5S/c29-28(30)24-18-21(34(31,32)27-12-6-1-2-7-13-27)10-11-22(24)25-23(20-8-4-3-5-9-20)19-26-14-16-33-17-15-26/h3-5,8-11,18,23,25H,1-2,6-7,12-17,19H2. The van der Waals surface area contributed by atoms with E-state index in [1.807, 2.05) is 30.3 Å². The SMILES string of the molecule is O=[N+]([O-])c1cc(S(=O)(=O)N2CCCCCC2)ccc1NC(CN1CCOCC1)c1ccccc1. The van der Waals surface area contributed by atoms with Crippen LogP contribution in [0.1, 0.15) is 37.3 Å². The second-order valence-electron chi connectivity index (χ2n) is 8.77. The van der Waals surface area contributed by atoms with Crippen LogP contribution in [0.15, 0.2) is 53.4 Å². The Balaban J connectivity index is 1.62. The number of nitrogens with zero attached hydrogens (tertiary/aromatic N) is 3. The Morgan fingerprint density at radius 3 is 2.29 bits per heavy atom. The van der Waals surface area contributed by atoms with Crippen LogP contribution in [-0.4, -0.2) is 68.5 Å². The summed E-state index contributed by atoms with van der Waals surface area (Å²) in [5, 5.41) is 15.3. The molecule has 0 spiro atoms. The molecule has 2 fully saturated rings. The minimum atomic E-state index is -3.78. The van der Waals surface area contributed by atoms with Gasteiger partial charge in [-0.25, -0.2) is 8.42 Å². The second-order valence-corrected chi connectivity index (χ2v) is 10.7. The van der Waals surface area contributed by atoms with Crippen LogP contribution < -0.4 is 5.32 Å². The van der Waals surface area contributed by atoms with Gasteiger partial charge in [-0.05, 0) is 30.5 Å². The third-order valence-electron chi connectivity index (χ3n) is 6.44. The van der Waals surface area contributed by atoms with E-state index in [1.54, 1.807) is 0 Å². The monoisotopic (exact) mass is 488 g/mol. The zero-order valence-electron chi connectivity index (χ0n) is 19.3. The van der Waals surface area contributed by atoms with Crippen LogP contribution in [0.3, 0.4) is 0 Å². The van der Waals surface area contributed by atoms with E-state index in [-0.39, 0.29) is 16.6 Å². The van der Waals surface area contributed by atoms with E-state index in [2.05, 4.69) is 10.2 Å². The van der Waals surface area contributed by atoms with Gasteiger partial charge in [-0.15, -0.1) is 0 Å². The average molecular weight is 489 g/mol. The van der Waals surface area contributed by atoms with Crippen LogP contribution in [-0.2, 0) is 14.8 Å². The maximum Gasteiger partial charge on any atom is 0.293 e. The molecule has 2 aliphatic rings. The van der Waals surface area contributed by atoms with Crippen molar-refractivity contribution >= 4 is 21.4 Å². The second kappa shape index (κ2) is 11.3. The van der Waals surface area contributed by atoms with Gasteiger partial charge in [0.05, 0.1) is 29.1 Å². The molecule has 4 rings (SSSR count). The third-order valence-corrected chi connectivity index (χ3v) is 8.34. The molecule has 1 atom stereocenters. The summed E-state index contributed by atoms with van der Waals surface area (Å²) in [5.41, 5.74) is 1.07. The molecule has 2 saturated heterocycles. The van der Waals surface area contributed by atoms with E-state index >= 15 is 0 Å². The normalized spacial score (nSPS) is 19.3. The number of nitro groups is 1. The fourth-order valence-electron chi connectivity index (χ4n) is 4.53. The highest BCUT2D eigenvalue weighted by atomic mass is 32.2. The van der Waals surface area contributed by atoms with Crippen molar-refractivity contribution in [3.05, 3.63) is 64.2 Å². The number of rotatable bonds is 8. The zero-order chi connectivity index (χ0) is 24.0. The van der Waals surface area contributed by atoms with Gasteiger partial charge in [0.15, 0.2) is 0 Å². The summed E-state index contributed by atoms with van der Waals surface area (Å²) >= 11 is 0. The molecule has 1 unspecified atom stereocenters. The Morgan fingerprint density at radius 1 is 0.971 bits per heavy atom. The lowest BCUT2D eigenvalue weighted by Gasteiger charge is -2.31. The van der Waals surface area contributed by atoms with E-state index in [0.29, 0.717) is 38.5 Å². The quantitative estimate of drug-likeness (QED) is 0.447. The highest BCUT2D eigenvalue weighted by Crippen LogP contribution is 2.32. The minimum absolute atomic E-state index is 0.0314. The van der Waals surface area contributed by atoms with Crippen molar-refractivity contribution < 1.29 is 18.1 Å². The highest BCUT2D eigenvalue weighted by molar-refractivity contribution is 7.89. The first-order chi connectivity index (χ1) is 16.4. The van der Waals surface area contributed by atoms with Gasteiger partial charge in [0.25, 0.3) is 5.69 Å². The van der Waals surface area contributed by atoms with E-state index in [4.69, 9.17) is 4.74 Å². The van der Waals surface area contributed by atoms with Crippen LogP contribution in [0.25, 0.3) is 0 Å². The Kier molecular flexibility index (Phi) is 8.15. The summed E-state index contributed by atoms with van der Waals surface area (Å²) < 4.78 is 33.3. The van der Waals surface area contributed by atoms with Crippen molar-refractivity contribution in [2.24, 2.45) is 0 Å². The summed E-state index contributed by atoms with van der Waals surface area (Å²) in [6.07, 6.45) is 3.61. The molecule has 10 heteroatoms. The van der Waals surface area contributed by atoms with Gasteiger partial charge >= 0.3 is 0 Å². The minimum Gasteiger partial charge on any atom is -0.379 e. The molecule has 0 aliphatic carbocycles. The molecule has 34 heavy (non-hydrogen) atoms. The molecule has 0 aromatic heterocycles. The Morgan fingerprint density at radius 2 is 1.65 bits per heavy atom. The van der Waals surface area contributed by atoms with Gasteiger partial charge in [0.2, 0.25) is 10.0 Å². The summed E-state index contributed by atoms with van der Waals surface area (Å²) in [6, 6.07) is 13.8. The molecule has 9 nitrogen and oxygen atoms in total. The van der Waals surface area contributed by atoms with Crippen molar-refractivity contribution in [2.75, 3.05) is 51.3 Å². The van der Waals surface area contributed by atoms with E-state index in [1.165, 1.54) is 22.5 Å². The predicted octanol–water partition coefficient (Wildman–Crippen LogP) is 3.64. The van der Waals surface area contributed by atoms with Crippen LogP contribution >= 0.6 is 0 Å². The number of ether oxygens (including phenoxy) is 1. The van der Waals surface area contributed by atoms with Crippen molar-refractivity contribution in [1.29, 1.82) is 0 Å². The van der Waals surface area contributed by atoms with Crippen LogP contribution in [0.4, 0.5) is 11.4 Å². The highest BCUT2D eigenvalue weighted by Gasteiger charge is 2.29. The lowest BCUT2D eigenvalue weighted by molar-refractivity contribution is -0.384. The molecule has 0 radical (unpaired) electrons. The topological polar surface area (TPSA) is 105 Å². The summed E-state index contributed by atoms with van der Waals surface area (Å²) in [4.78, 5) is 13.7. The van der Waals surface area contributed by atoms with Crippen molar-refractivity contribution in [3.8, 4) is 0 Å². The molecule has 0 saturated carbocycles. The van der Waals surface area contributed by atoms with Crippen molar-refractivity contribution in [2.45, 2.75) is 36.6 Å². The van der Waals surface area contributed by atoms with Gasteiger partial charge in [-0.2, -0.15) is 4.31 Å². The number of sulfonamides is 1. The number of nitro benzene ring substituents is 1. The van der Waals surface area contributed by atoms with Crippen LogP contribution in [0, 0.1) is 10.1 Å². The summed E-state index contributed by atoms with van der Waals surface area (Å²) in [7, 11) is -3.78. The number of hydrogen-bond acceptors (Lipinski definition) is 7. The van der Waals surface area contributed by atoms with Gasteiger partial charge in [0.1, 0.15) is 5.69 Å². The maximum atomic E-state index is 13.2. The number of morpholine rings is 1. The molecule has 184 valence electrons. The largest absolute Gasteiger partial charge is 0.379 e. The molecular formula is C24H32N4O5S. The number of nitrogens with one attached hydrogen (secondary N) is 1. The van der Waals surface area contributed by atoms with Gasteiger partial charge in [-0.3, -0.25) is 15.0 Å². The fraction of sp³-hybridized carbons (Fsp3) is 0.500. The molecule has 2 aliphatic heterocycles. The van der Waals surface area contributed by atoms with Crippen LogP contribution in [0.5, 0.6) is 0 Å². The number of hydrogen-bond donors (Lipinski definition) is 1. The first kappa shape index (κ1) is 24.6. The molecular weight excluding hydrogens is 456 g/mol. The maximum absolute atomic E-state index is 13.2. The molecule has 2 heterocycles. The molecule has 1 N–H and O–H groups in total. The first-order valence-electron chi connectivity index (χ1n) is 11.9. The lowest BCUT2D eigenvalue weighted by atomic mass is 10.1. The van der Waals surface area contributed by atoms with Gasteiger partial charge in [-0.1, -0.05) is 43.2 Å². The zero-order valence-corrected chi connectivity index (χ0v) is 20.1. The van der Waals surface area contributed by atoms with E-state index in [9.17, 15) is 18.5 Å². The molecule has 2 aromatic carbocycles. The predicted molar refractivity (Wildman–Crippen MR) is 130 cm³/mol. The third kappa shape index (κ3) is 5.93. The van der Waals surface area contributed by atoms with Gasteiger partial charge in [0, 0.05) is 38.8 Å². The fourth-order valence-corrected chi connectivity index (χ4v) is 6.06. The van der Waals surface area contributed by atoms with Gasteiger partial charge < -0.3 is 10.1 Å². The number of anilines is 1. The number of benzene rings is 2. The molecule has 0 amide bonds. The van der Waals surface area contributed by atoms with Crippen molar-refractivity contribution in [3.63, 3.8) is 0 Å². The Bertz CT molecular complexity index is 1070. The first-order valence-corrected chi connectivity index (χ1v) is 13.3. The summed E-state index contributed by atoms with van der Waals surface area (Å²) in [5.74, 6) is 0. The summed E-state index contributed by atoms with van der Waals surface area (Å²) in [6.45, 7) is 4.45. The van der Waals surface area contributed by atoms with E-state index < -0.39 is 14.9 Å². The smallest absolute Gasteiger partial charge is 0.293 e. The Hall–Kier alpha value is -2.53.